The van der Waals surface area contributed by atoms with Crippen molar-refractivity contribution in [3.63, 3.8) is 0 Å². The molecule has 0 heterocycles. The van der Waals surface area contributed by atoms with Gasteiger partial charge in [0.2, 0.25) is 0 Å². The summed E-state index contributed by atoms with van der Waals surface area (Å²) in [7, 11) is 2.90. The van der Waals surface area contributed by atoms with Gasteiger partial charge in [-0.1, -0.05) is 0 Å². The molecule has 0 spiro atoms. The van der Waals surface area contributed by atoms with Gasteiger partial charge < -0.3 is 28.4 Å². The van der Waals surface area contributed by atoms with Crippen molar-refractivity contribution >= 4 is 18.5 Å². The molecule has 0 saturated heterocycles. The largest absolute Gasteiger partial charge is 0.508 e. The molecule has 46 heavy (non-hydrogen) atoms. The van der Waals surface area contributed by atoms with Gasteiger partial charge in [0.25, 0.3) is 0 Å². The number of ether oxygens (including phenoxy) is 6. The lowest BCUT2D eigenvalue weighted by Gasteiger charge is -2.40. The second-order valence-corrected chi connectivity index (χ2v) is 10.8. The van der Waals surface area contributed by atoms with Gasteiger partial charge in [-0.05, 0) is 62.3 Å². The fraction of sp³-hybridized carbons (Fsp3) is 0.885. The van der Waals surface area contributed by atoms with Crippen molar-refractivity contribution in [1.29, 1.82) is 0 Å². The van der Waals surface area contributed by atoms with Crippen molar-refractivity contribution < 1.29 is 91.1 Å². The molecule has 5 atom stereocenters. The van der Waals surface area contributed by atoms with E-state index in [-0.39, 0.29) is 20.8 Å². The number of halogens is 11. The fourth-order valence-corrected chi connectivity index (χ4v) is 2.35. The molecule has 0 aliphatic heterocycles. The minimum Gasteiger partial charge on any atom is -0.438 e. The topological polar surface area (TPSA) is 107 Å². The maximum atomic E-state index is 13.8. The Morgan fingerprint density at radius 3 is 1.17 bits per heavy atom. The van der Waals surface area contributed by atoms with Gasteiger partial charge in [0.1, 0.15) is 24.6 Å². The van der Waals surface area contributed by atoms with Crippen LogP contribution in [0.4, 0.5) is 62.7 Å². The predicted molar refractivity (Wildman–Crippen MR) is 139 cm³/mol. The van der Waals surface area contributed by atoms with Gasteiger partial charge >= 0.3 is 36.2 Å². The Hall–Kier alpha value is -2.96. The lowest BCUT2D eigenvalue weighted by molar-refractivity contribution is -0.359. The van der Waals surface area contributed by atoms with E-state index in [4.69, 9.17) is 0 Å². The molecular weight excluding hydrogens is 665 g/mol. The number of alkyl halides is 11. The zero-order chi connectivity index (χ0) is 37.9. The lowest BCUT2D eigenvalue weighted by Crippen LogP contribution is -2.66. The standard InChI is InChI=1S/C10H13F7O3.C9H16F2O3.C7H12F2O3/c1-5(11)8(12,13)10(16,17)9(14,15)7(2,3)20-6(18)19-4;1-6(10)9(4,11)8(2,3)14-7(12)13-5;1-5(8)7(2,9)4-12-6(10)11-3/h5H,1-4H3;6H,1-5H3;5H,4H2,1-3H3. The minimum atomic E-state index is -6.09. The second-order valence-electron chi connectivity index (χ2n) is 10.8. The van der Waals surface area contributed by atoms with Gasteiger partial charge in [0.15, 0.2) is 23.1 Å². The Balaban J connectivity index is -0.000000628. The molecule has 0 amide bonds. The molecule has 0 saturated carbocycles. The Morgan fingerprint density at radius 2 is 0.891 bits per heavy atom. The predicted octanol–water partition coefficient (Wildman–Crippen LogP) is 8.30. The zero-order valence-electron chi connectivity index (χ0n) is 27.3. The maximum absolute atomic E-state index is 13.8. The van der Waals surface area contributed by atoms with Crippen LogP contribution >= 0.6 is 0 Å². The Labute approximate surface area is 259 Å². The quantitative estimate of drug-likeness (QED) is 0.119. The van der Waals surface area contributed by atoms with Gasteiger partial charge in [-0.25, -0.2) is 36.3 Å². The van der Waals surface area contributed by atoms with Crippen molar-refractivity contribution in [3.05, 3.63) is 0 Å². The summed E-state index contributed by atoms with van der Waals surface area (Å²) in [6.07, 6.45) is -10.8. The number of carbonyl (C=O) groups is 3. The molecule has 0 rings (SSSR count). The lowest BCUT2D eigenvalue weighted by atomic mass is 9.86. The number of carbonyl (C=O) groups excluding carboxylic acids is 3. The minimum absolute atomic E-state index is 0.0121. The first-order chi connectivity index (χ1) is 20.2. The highest BCUT2D eigenvalue weighted by Gasteiger charge is 2.79. The normalized spacial score (nSPS) is 17.0. The molecule has 0 aliphatic rings. The summed E-state index contributed by atoms with van der Waals surface area (Å²) in [6, 6.07) is 0. The average Bonchev–Trinajstić information content (AvgIpc) is 2.90. The van der Waals surface area contributed by atoms with Crippen molar-refractivity contribution in [1.82, 2.24) is 0 Å². The van der Waals surface area contributed by atoms with E-state index in [0.717, 1.165) is 41.9 Å². The molecule has 0 aromatic carbocycles. The monoisotopic (exact) mass is 706 g/mol. The van der Waals surface area contributed by atoms with E-state index in [0.29, 0.717) is 7.11 Å². The van der Waals surface area contributed by atoms with E-state index in [2.05, 4.69) is 28.4 Å². The first kappa shape index (κ1) is 47.4. The molecule has 0 radical (unpaired) electrons. The smallest absolute Gasteiger partial charge is 0.438 e. The molecule has 5 unspecified atom stereocenters. The van der Waals surface area contributed by atoms with Crippen LogP contribution in [-0.4, -0.2) is 105 Å². The number of rotatable bonds is 11. The second kappa shape index (κ2) is 17.3. The van der Waals surface area contributed by atoms with Crippen molar-refractivity contribution in [2.45, 2.75) is 121 Å². The summed E-state index contributed by atoms with van der Waals surface area (Å²) in [6.45, 7) is 6.69. The summed E-state index contributed by atoms with van der Waals surface area (Å²) in [5.41, 5.74) is -9.36. The van der Waals surface area contributed by atoms with E-state index in [1.807, 2.05) is 0 Å². The highest BCUT2D eigenvalue weighted by molar-refractivity contribution is 5.61. The summed E-state index contributed by atoms with van der Waals surface area (Å²) < 4.78 is 169. The molecule has 20 heteroatoms. The fourth-order valence-electron chi connectivity index (χ4n) is 2.35. The zero-order valence-corrected chi connectivity index (χ0v) is 27.3. The number of hydrogen-bond donors (Lipinski definition) is 0. The molecule has 0 N–H and O–H groups in total. The van der Waals surface area contributed by atoms with Crippen LogP contribution < -0.4 is 0 Å². The van der Waals surface area contributed by atoms with Crippen LogP contribution in [0, 0.1) is 0 Å². The molecule has 0 bridgehead atoms. The van der Waals surface area contributed by atoms with Crippen LogP contribution in [0.15, 0.2) is 0 Å². The first-order valence-corrected chi connectivity index (χ1v) is 12.9. The Bertz CT molecular complexity index is 969. The van der Waals surface area contributed by atoms with Crippen molar-refractivity contribution in [2.75, 3.05) is 27.9 Å². The number of hydrogen-bond acceptors (Lipinski definition) is 9. The van der Waals surface area contributed by atoms with Crippen molar-refractivity contribution in [2.24, 2.45) is 0 Å². The SMILES string of the molecule is COC(=O)OC(C)(C)C(C)(F)C(C)F.COC(=O)OC(C)(C)C(F)(F)C(F)(F)C(F)(F)C(C)F.COC(=O)OCC(C)(F)C(C)F. The number of methoxy groups -OCH3 is 3. The van der Waals surface area contributed by atoms with Gasteiger partial charge in [-0.3, -0.25) is 0 Å². The summed E-state index contributed by atoms with van der Waals surface area (Å²) in [5, 5.41) is 0. The summed E-state index contributed by atoms with van der Waals surface area (Å²) in [4.78, 5) is 31.8. The van der Waals surface area contributed by atoms with E-state index in [9.17, 15) is 62.7 Å². The highest BCUT2D eigenvalue weighted by Crippen LogP contribution is 2.53. The third-order valence-electron chi connectivity index (χ3n) is 6.47. The Kier molecular flexibility index (Phi) is 17.8. The molecular formula is C26H41F11O9. The molecule has 0 aliphatic carbocycles. The summed E-state index contributed by atoms with van der Waals surface area (Å²) >= 11 is 0. The Morgan fingerprint density at radius 1 is 0.543 bits per heavy atom. The molecule has 0 aromatic heterocycles. The van der Waals surface area contributed by atoms with E-state index >= 15 is 0 Å². The van der Waals surface area contributed by atoms with Gasteiger partial charge in [-0.2, -0.15) is 26.3 Å². The molecule has 0 aromatic rings. The first-order valence-electron chi connectivity index (χ1n) is 12.9. The van der Waals surface area contributed by atoms with Crippen LogP contribution in [0.5, 0.6) is 0 Å². The van der Waals surface area contributed by atoms with Crippen LogP contribution in [0.1, 0.15) is 62.3 Å². The van der Waals surface area contributed by atoms with Gasteiger partial charge in [0.05, 0.1) is 21.3 Å². The van der Waals surface area contributed by atoms with Crippen LogP contribution in [0.3, 0.4) is 0 Å². The van der Waals surface area contributed by atoms with Gasteiger partial charge in [0, 0.05) is 0 Å². The third-order valence-corrected chi connectivity index (χ3v) is 6.47. The molecule has 0 fully saturated rings. The van der Waals surface area contributed by atoms with Crippen LogP contribution in [-0.2, 0) is 28.4 Å². The maximum Gasteiger partial charge on any atom is 0.508 e. The third kappa shape index (κ3) is 12.3. The van der Waals surface area contributed by atoms with E-state index < -0.39 is 83.9 Å². The summed E-state index contributed by atoms with van der Waals surface area (Å²) in [5.74, 6) is -17.3. The van der Waals surface area contributed by atoms with Crippen LogP contribution in [0.25, 0.3) is 0 Å². The van der Waals surface area contributed by atoms with Crippen molar-refractivity contribution in [3.8, 4) is 0 Å². The van der Waals surface area contributed by atoms with Gasteiger partial charge in [-0.15, -0.1) is 0 Å². The average molecular weight is 707 g/mol. The van der Waals surface area contributed by atoms with Crippen LogP contribution in [0.2, 0.25) is 0 Å². The van der Waals surface area contributed by atoms with E-state index in [1.54, 1.807) is 0 Å². The van der Waals surface area contributed by atoms with E-state index in [1.165, 1.54) is 13.8 Å². The highest BCUT2D eigenvalue weighted by atomic mass is 19.3. The molecule has 276 valence electrons. The molecule has 9 nitrogen and oxygen atoms in total.